The summed E-state index contributed by atoms with van der Waals surface area (Å²) in [5.41, 5.74) is 2.20. The number of benzene rings is 1. The minimum atomic E-state index is 0.402. The van der Waals surface area contributed by atoms with E-state index in [2.05, 4.69) is 46.3 Å². The third kappa shape index (κ3) is 5.17. The van der Waals surface area contributed by atoms with Gasteiger partial charge in [0.15, 0.2) is 17.3 Å². The molecule has 1 N–H and O–H groups in total. The molecule has 0 aliphatic carbocycles. The maximum Gasteiger partial charge on any atom is 0.162 e. The maximum absolute atomic E-state index is 5.42. The molecule has 1 saturated heterocycles. The summed E-state index contributed by atoms with van der Waals surface area (Å²) < 4.78 is 16.1. The van der Waals surface area contributed by atoms with Gasteiger partial charge in [-0.15, -0.1) is 0 Å². The van der Waals surface area contributed by atoms with Crippen molar-refractivity contribution in [3.05, 3.63) is 35.7 Å². The van der Waals surface area contributed by atoms with Crippen LogP contribution in [0.3, 0.4) is 0 Å². The van der Waals surface area contributed by atoms with Gasteiger partial charge in [0.25, 0.3) is 0 Å². The quantitative estimate of drug-likeness (QED) is 0.663. The number of rotatable bonds is 9. The van der Waals surface area contributed by atoms with Crippen molar-refractivity contribution in [1.82, 2.24) is 15.4 Å². The molecule has 1 fully saturated rings. The van der Waals surface area contributed by atoms with E-state index in [1.165, 1.54) is 5.69 Å². The Morgan fingerprint density at radius 3 is 2.46 bits per heavy atom. The Kier molecular flexibility index (Phi) is 7.17. The summed E-state index contributed by atoms with van der Waals surface area (Å²) in [5.74, 6) is 2.85. The Morgan fingerprint density at radius 2 is 1.82 bits per heavy atom. The first-order valence-electron chi connectivity index (χ1n) is 9.96. The van der Waals surface area contributed by atoms with E-state index in [-0.39, 0.29) is 0 Å². The van der Waals surface area contributed by atoms with Gasteiger partial charge in [-0.3, -0.25) is 4.90 Å². The molecule has 28 heavy (non-hydrogen) atoms. The van der Waals surface area contributed by atoms with Crippen LogP contribution in [-0.4, -0.2) is 63.5 Å². The van der Waals surface area contributed by atoms with Crippen molar-refractivity contribution in [3.63, 3.8) is 0 Å². The molecule has 0 atom stereocenters. The second-order valence-corrected chi connectivity index (χ2v) is 7.42. The fraction of sp³-hybridized carbons (Fsp3) is 0.571. The van der Waals surface area contributed by atoms with Crippen molar-refractivity contribution in [1.29, 1.82) is 0 Å². The largest absolute Gasteiger partial charge is 0.493 e. The van der Waals surface area contributed by atoms with Gasteiger partial charge in [0, 0.05) is 57.1 Å². The van der Waals surface area contributed by atoms with E-state index >= 15 is 0 Å². The minimum absolute atomic E-state index is 0.402. The molecule has 7 heteroatoms. The van der Waals surface area contributed by atoms with E-state index in [1.807, 2.05) is 12.1 Å². The highest BCUT2D eigenvalue weighted by atomic mass is 16.5. The third-order valence-electron chi connectivity index (χ3n) is 5.18. The molecule has 0 unspecified atom stereocenters. The summed E-state index contributed by atoms with van der Waals surface area (Å²) in [6.45, 7) is 11.1. The molecule has 2 aromatic rings. The minimum Gasteiger partial charge on any atom is -0.493 e. The van der Waals surface area contributed by atoms with E-state index in [9.17, 15) is 0 Å². The number of methoxy groups -OCH3 is 2. The number of nitrogens with one attached hydrogen (secondary N) is 1. The molecule has 0 amide bonds. The monoisotopic (exact) mass is 388 g/mol. The van der Waals surface area contributed by atoms with Gasteiger partial charge in [0.1, 0.15) is 0 Å². The first-order chi connectivity index (χ1) is 13.6. The normalized spacial score (nSPS) is 15.2. The molecule has 1 aromatic heterocycles. The SMILES string of the molecule is COc1ccc(N2CCN(CCNCc3cc(C(C)C)no3)CC2)cc1OC. The molecule has 1 aliphatic rings. The van der Waals surface area contributed by atoms with Crippen molar-refractivity contribution < 1.29 is 14.0 Å². The van der Waals surface area contributed by atoms with Crippen LogP contribution < -0.4 is 19.7 Å². The topological polar surface area (TPSA) is 63.0 Å². The van der Waals surface area contributed by atoms with E-state index in [1.54, 1.807) is 14.2 Å². The lowest BCUT2D eigenvalue weighted by molar-refractivity contribution is 0.255. The summed E-state index contributed by atoms with van der Waals surface area (Å²) in [6.07, 6.45) is 0. The second-order valence-electron chi connectivity index (χ2n) is 7.42. The Hall–Kier alpha value is -2.25. The lowest BCUT2D eigenvalue weighted by Gasteiger charge is -2.36. The summed E-state index contributed by atoms with van der Waals surface area (Å²) >= 11 is 0. The average molecular weight is 389 g/mol. The Bertz CT molecular complexity index is 739. The van der Waals surface area contributed by atoms with Crippen LogP contribution in [0.15, 0.2) is 28.8 Å². The van der Waals surface area contributed by atoms with Gasteiger partial charge >= 0.3 is 0 Å². The van der Waals surface area contributed by atoms with Crippen molar-refractivity contribution in [2.45, 2.75) is 26.3 Å². The fourth-order valence-corrected chi connectivity index (χ4v) is 3.38. The Morgan fingerprint density at radius 1 is 1.07 bits per heavy atom. The van der Waals surface area contributed by atoms with Gasteiger partial charge in [0.05, 0.1) is 26.5 Å². The highest BCUT2D eigenvalue weighted by molar-refractivity contribution is 5.56. The first-order valence-corrected chi connectivity index (χ1v) is 9.96. The molecule has 3 rings (SSSR count). The van der Waals surface area contributed by atoms with E-state index < -0.39 is 0 Å². The molecule has 1 aliphatic heterocycles. The number of hydrogen-bond acceptors (Lipinski definition) is 7. The highest BCUT2D eigenvalue weighted by Crippen LogP contribution is 2.31. The van der Waals surface area contributed by atoms with Crippen LogP contribution >= 0.6 is 0 Å². The molecule has 0 bridgehead atoms. The fourth-order valence-electron chi connectivity index (χ4n) is 3.38. The molecule has 1 aromatic carbocycles. The number of hydrogen-bond donors (Lipinski definition) is 1. The molecule has 2 heterocycles. The van der Waals surface area contributed by atoms with Gasteiger partial charge in [-0.1, -0.05) is 19.0 Å². The number of nitrogens with zero attached hydrogens (tertiary/aromatic N) is 3. The second kappa shape index (κ2) is 9.80. The van der Waals surface area contributed by atoms with Crippen molar-refractivity contribution >= 4 is 5.69 Å². The summed E-state index contributed by atoms with van der Waals surface area (Å²) in [5, 5.41) is 7.55. The lowest BCUT2D eigenvalue weighted by atomic mass is 10.1. The predicted molar refractivity (Wildman–Crippen MR) is 110 cm³/mol. The van der Waals surface area contributed by atoms with Crippen LogP contribution in [0, 0.1) is 0 Å². The van der Waals surface area contributed by atoms with Crippen LogP contribution in [0.4, 0.5) is 5.69 Å². The Balaban J connectivity index is 1.39. The number of ether oxygens (including phenoxy) is 2. The molecule has 0 radical (unpaired) electrons. The summed E-state index contributed by atoms with van der Waals surface area (Å²) in [6, 6.07) is 8.17. The van der Waals surface area contributed by atoms with Crippen LogP contribution in [-0.2, 0) is 6.54 Å². The zero-order chi connectivity index (χ0) is 19.9. The van der Waals surface area contributed by atoms with Crippen LogP contribution in [0.5, 0.6) is 11.5 Å². The summed E-state index contributed by atoms with van der Waals surface area (Å²) in [4.78, 5) is 4.89. The number of aromatic nitrogens is 1. The van der Waals surface area contributed by atoms with Gasteiger partial charge in [-0.25, -0.2) is 0 Å². The predicted octanol–water partition coefficient (Wildman–Crippen LogP) is 2.73. The van der Waals surface area contributed by atoms with Crippen molar-refractivity contribution in [3.8, 4) is 11.5 Å². The summed E-state index contributed by atoms with van der Waals surface area (Å²) in [7, 11) is 3.34. The highest BCUT2D eigenvalue weighted by Gasteiger charge is 2.18. The van der Waals surface area contributed by atoms with Gasteiger partial charge in [0.2, 0.25) is 0 Å². The average Bonchev–Trinajstić information content (AvgIpc) is 3.20. The standard InChI is InChI=1S/C21H32N4O3/c1-16(2)19-14-18(28-23-19)15-22-7-8-24-9-11-25(12-10-24)17-5-6-20(26-3)21(13-17)27-4/h5-6,13-14,16,22H,7-12,15H2,1-4H3. The molecule has 154 valence electrons. The van der Waals surface area contributed by atoms with Crippen molar-refractivity contribution in [2.24, 2.45) is 0 Å². The van der Waals surface area contributed by atoms with Crippen LogP contribution in [0.1, 0.15) is 31.2 Å². The van der Waals surface area contributed by atoms with Crippen LogP contribution in [0.25, 0.3) is 0 Å². The van der Waals surface area contributed by atoms with Gasteiger partial charge in [-0.2, -0.15) is 0 Å². The molecule has 0 spiro atoms. The third-order valence-corrected chi connectivity index (χ3v) is 5.18. The van der Waals surface area contributed by atoms with Crippen molar-refractivity contribution in [2.75, 3.05) is 58.4 Å². The lowest BCUT2D eigenvalue weighted by Crippen LogP contribution is -2.48. The smallest absolute Gasteiger partial charge is 0.162 e. The van der Waals surface area contributed by atoms with Gasteiger partial charge < -0.3 is 24.2 Å². The van der Waals surface area contributed by atoms with Crippen LogP contribution in [0.2, 0.25) is 0 Å². The molecular formula is C21H32N4O3. The zero-order valence-electron chi connectivity index (χ0n) is 17.4. The first kappa shape index (κ1) is 20.5. The maximum atomic E-state index is 5.42. The van der Waals surface area contributed by atoms with Gasteiger partial charge in [-0.05, 0) is 18.1 Å². The van der Waals surface area contributed by atoms with E-state index in [0.29, 0.717) is 5.92 Å². The van der Waals surface area contributed by atoms with E-state index in [0.717, 1.165) is 68.8 Å². The number of piperazine rings is 1. The molecular weight excluding hydrogens is 356 g/mol. The Labute approximate surface area is 167 Å². The molecule has 0 saturated carbocycles. The zero-order valence-corrected chi connectivity index (χ0v) is 17.4. The number of anilines is 1. The molecule has 7 nitrogen and oxygen atoms in total. The van der Waals surface area contributed by atoms with E-state index in [4.69, 9.17) is 14.0 Å².